The number of nitrogens with one attached hydrogen (secondary N) is 2. The highest BCUT2D eigenvalue weighted by atomic mass is 35.5. The SMILES string of the molecule is C=CCn1c(SCC(=O)Nc2cccc(Cl)c2Cl)nnc1[C@@H](NC(=O)c1ccccc1Cl)C(C)C. The Morgan fingerprint density at radius 2 is 1.80 bits per heavy atom. The summed E-state index contributed by atoms with van der Waals surface area (Å²) in [5.41, 5.74) is 0.806. The summed E-state index contributed by atoms with van der Waals surface area (Å²) in [6.45, 7) is 8.16. The zero-order chi connectivity index (χ0) is 25.5. The average molecular weight is 553 g/mol. The van der Waals surface area contributed by atoms with E-state index in [1.165, 1.54) is 11.8 Å². The molecule has 1 heterocycles. The Kier molecular flexibility index (Phi) is 9.63. The van der Waals surface area contributed by atoms with Crippen LogP contribution in [0.15, 0.2) is 60.3 Å². The number of rotatable bonds is 10. The Bertz CT molecular complexity index is 1230. The topological polar surface area (TPSA) is 88.9 Å². The van der Waals surface area contributed by atoms with Crippen molar-refractivity contribution in [1.29, 1.82) is 0 Å². The van der Waals surface area contributed by atoms with Crippen molar-refractivity contribution in [3.63, 3.8) is 0 Å². The maximum Gasteiger partial charge on any atom is 0.253 e. The smallest absolute Gasteiger partial charge is 0.253 e. The van der Waals surface area contributed by atoms with Gasteiger partial charge in [0, 0.05) is 6.54 Å². The number of aromatic nitrogens is 3. The van der Waals surface area contributed by atoms with Gasteiger partial charge in [-0.25, -0.2) is 0 Å². The second-order valence-electron chi connectivity index (χ2n) is 7.85. The van der Waals surface area contributed by atoms with Crippen LogP contribution in [0.3, 0.4) is 0 Å². The zero-order valence-corrected chi connectivity index (χ0v) is 22.2. The molecule has 0 spiro atoms. The number of hydrogen-bond acceptors (Lipinski definition) is 5. The lowest BCUT2D eigenvalue weighted by Crippen LogP contribution is -2.34. The molecule has 7 nitrogen and oxygen atoms in total. The Morgan fingerprint density at radius 1 is 1.09 bits per heavy atom. The van der Waals surface area contributed by atoms with Gasteiger partial charge >= 0.3 is 0 Å². The van der Waals surface area contributed by atoms with Gasteiger partial charge in [-0.3, -0.25) is 9.59 Å². The third-order valence-electron chi connectivity index (χ3n) is 4.97. The van der Waals surface area contributed by atoms with Gasteiger partial charge in [0.2, 0.25) is 5.91 Å². The molecule has 0 radical (unpaired) electrons. The molecule has 0 saturated heterocycles. The fraction of sp³-hybridized carbons (Fsp3) is 0.250. The van der Waals surface area contributed by atoms with Crippen molar-refractivity contribution in [3.8, 4) is 0 Å². The largest absolute Gasteiger partial charge is 0.342 e. The molecule has 11 heteroatoms. The Labute approximate surface area is 223 Å². The van der Waals surface area contributed by atoms with Crippen molar-refractivity contribution < 1.29 is 9.59 Å². The zero-order valence-electron chi connectivity index (χ0n) is 19.1. The third-order valence-corrected chi connectivity index (χ3v) is 7.08. The lowest BCUT2D eigenvalue weighted by atomic mass is 10.0. The molecular weight excluding hydrogens is 529 g/mol. The second kappa shape index (κ2) is 12.4. The number of benzene rings is 2. The molecule has 35 heavy (non-hydrogen) atoms. The van der Waals surface area contributed by atoms with Gasteiger partial charge in [-0.15, -0.1) is 16.8 Å². The lowest BCUT2D eigenvalue weighted by Gasteiger charge is -2.23. The van der Waals surface area contributed by atoms with E-state index in [-0.39, 0.29) is 28.5 Å². The molecule has 2 aromatic carbocycles. The summed E-state index contributed by atoms with van der Waals surface area (Å²) < 4.78 is 1.83. The molecule has 184 valence electrons. The standard InChI is InChI=1S/C24H24Cl3N5O2S/c1-4-12-32-22(21(14(2)3)29-23(34)15-8-5-6-9-16(15)25)30-31-24(32)35-13-19(33)28-18-11-7-10-17(26)20(18)27/h4-11,14,21H,1,12-13H2,2-3H3,(H,28,33)(H,29,34)/t21-/m0/s1. The average Bonchev–Trinajstić information content (AvgIpc) is 3.21. The Morgan fingerprint density at radius 3 is 2.49 bits per heavy atom. The van der Waals surface area contributed by atoms with E-state index in [9.17, 15) is 9.59 Å². The highest BCUT2D eigenvalue weighted by Crippen LogP contribution is 2.30. The number of allylic oxidation sites excluding steroid dienone is 1. The van der Waals surface area contributed by atoms with Crippen molar-refractivity contribution in [2.75, 3.05) is 11.1 Å². The summed E-state index contributed by atoms with van der Waals surface area (Å²) in [5, 5.41) is 15.9. The van der Waals surface area contributed by atoms with E-state index < -0.39 is 6.04 Å². The van der Waals surface area contributed by atoms with Crippen molar-refractivity contribution >= 4 is 64.1 Å². The van der Waals surface area contributed by atoms with Crippen molar-refractivity contribution in [2.24, 2.45) is 5.92 Å². The van der Waals surface area contributed by atoms with Gasteiger partial charge in [-0.1, -0.05) is 84.7 Å². The molecule has 3 rings (SSSR count). The fourth-order valence-electron chi connectivity index (χ4n) is 3.25. The lowest BCUT2D eigenvalue weighted by molar-refractivity contribution is -0.113. The minimum Gasteiger partial charge on any atom is -0.342 e. The summed E-state index contributed by atoms with van der Waals surface area (Å²) in [7, 11) is 0. The molecule has 0 aliphatic rings. The number of anilines is 1. The summed E-state index contributed by atoms with van der Waals surface area (Å²) in [6.07, 6.45) is 1.70. The van der Waals surface area contributed by atoms with E-state index >= 15 is 0 Å². The van der Waals surface area contributed by atoms with Gasteiger partial charge in [-0.05, 0) is 30.2 Å². The summed E-state index contributed by atoms with van der Waals surface area (Å²) in [4.78, 5) is 25.4. The predicted octanol–water partition coefficient (Wildman–Crippen LogP) is 6.28. The molecule has 1 atom stereocenters. The number of nitrogens with zero attached hydrogens (tertiary/aromatic N) is 3. The van der Waals surface area contributed by atoms with E-state index in [1.54, 1.807) is 48.5 Å². The fourth-order valence-corrected chi connectivity index (χ4v) is 4.57. The van der Waals surface area contributed by atoms with Crippen LogP contribution in [0.1, 0.15) is 36.1 Å². The van der Waals surface area contributed by atoms with Gasteiger partial charge in [0.25, 0.3) is 5.91 Å². The molecule has 0 aliphatic carbocycles. The van der Waals surface area contributed by atoms with Crippen LogP contribution < -0.4 is 10.6 Å². The molecule has 1 aromatic heterocycles. The van der Waals surface area contributed by atoms with Crippen LogP contribution in [0.25, 0.3) is 0 Å². The van der Waals surface area contributed by atoms with Gasteiger partial charge in [0.05, 0.1) is 38.1 Å². The van der Waals surface area contributed by atoms with Gasteiger partial charge in [0.15, 0.2) is 11.0 Å². The van der Waals surface area contributed by atoms with Crippen LogP contribution in [-0.2, 0) is 11.3 Å². The third kappa shape index (κ3) is 6.79. The first-order valence-electron chi connectivity index (χ1n) is 10.7. The minimum atomic E-state index is -0.445. The van der Waals surface area contributed by atoms with E-state index in [0.717, 1.165) is 0 Å². The first kappa shape index (κ1) is 27.1. The minimum absolute atomic E-state index is 0.000299. The maximum absolute atomic E-state index is 12.9. The first-order chi connectivity index (χ1) is 16.7. The summed E-state index contributed by atoms with van der Waals surface area (Å²) in [5.74, 6) is 0.0355. The number of hydrogen-bond donors (Lipinski definition) is 2. The maximum atomic E-state index is 12.9. The number of carbonyl (C=O) groups is 2. The molecule has 0 saturated carbocycles. The Hall–Kier alpha value is -2.52. The van der Waals surface area contributed by atoms with Gasteiger partial charge in [0.1, 0.15) is 0 Å². The van der Waals surface area contributed by atoms with Crippen LogP contribution in [0.4, 0.5) is 5.69 Å². The summed E-state index contributed by atoms with van der Waals surface area (Å²) in [6, 6.07) is 11.4. The Balaban J connectivity index is 1.77. The van der Waals surface area contributed by atoms with Crippen LogP contribution in [-0.4, -0.2) is 32.3 Å². The second-order valence-corrected chi connectivity index (χ2v) is 9.99. The predicted molar refractivity (Wildman–Crippen MR) is 143 cm³/mol. The van der Waals surface area contributed by atoms with Crippen LogP contribution in [0.5, 0.6) is 0 Å². The van der Waals surface area contributed by atoms with E-state index in [0.29, 0.717) is 38.8 Å². The molecule has 2 amide bonds. The molecule has 0 fully saturated rings. The summed E-state index contributed by atoms with van der Waals surface area (Å²) >= 11 is 19.6. The normalized spacial score (nSPS) is 11.8. The number of thioether (sulfide) groups is 1. The monoisotopic (exact) mass is 551 g/mol. The number of amides is 2. The van der Waals surface area contributed by atoms with Crippen LogP contribution in [0.2, 0.25) is 15.1 Å². The molecular formula is C24H24Cl3N5O2S. The van der Waals surface area contributed by atoms with E-state index in [4.69, 9.17) is 34.8 Å². The highest BCUT2D eigenvalue weighted by molar-refractivity contribution is 7.99. The molecule has 3 aromatic rings. The van der Waals surface area contributed by atoms with Crippen LogP contribution in [0, 0.1) is 5.92 Å². The van der Waals surface area contributed by atoms with E-state index in [1.807, 2.05) is 18.4 Å². The molecule has 2 N–H and O–H groups in total. The molecule has 0 unspecified atom stereocenters. The quantitative estimate of drug-likeness (QED) is 0.228. The van der Waals surface area contributed by atoms with Crippen molar-refractivity contribution in [2.45, 2.75) is 31.6 Å². The number of carbonyl (C=O) groups excluding carboxylic acids is 2. The molecule has 0 bridgehead atoms. The van der Waals surface area contributed by atoms with Gasteiger partial charge in [-0.2, -0.15) is 0 Å². The first-order valence-corrected chi connectivity index (χ1v) is 12.8. The number of halogens is 3. The van der Waals surface area contributed by atoms with Crippen LogP contribution >= 0.6 is 46.6 Å². The van der Waals surface area contributed by atoms with E-state index in [2.05, 4.69) is 27.4 Å². The highest BCUT2D eigenvalue weighted by Gasteiger charge is 2.27. The van der Waals surface area contributed by atoms with Gasteiger partial charge < -0.3 is 15.2 Å². The van der Waals surface area contributed by atoms with Crippen molar-refractivity contribution in [1.82, 2.24) is 20.1 Å². The van der Waals surface area contributed by atoms with Crippen molar-refractivity contribution in [3.05, 3.63) is 81.6 Å². The molecule has 0 aliphatic heterocycles.